The van der Waals surface area contributed by atoms with Crippen LogP contribution >= 0.6 is 0 Å². The second kappa shape index (κ2) is 4.26. The Morgan fingerprint density at radius 1 is 1.20 bits per heavy atom. The summed E-state index contributed by atoms with van der Waals surface area (Å²) in [4.78, 5) is 4.18. The Morgan fingerprint density at radius 2 is 2.07 bits per heavy atom. The zero-order valence-corrected chi connectivity index (χ0v) is 9.20. The van der Waals surface area contributed by atoms with Crippen LogP contribution in [0.4, 0.5) is 0 Å². The molecule has 0 fully saturated rings. The molecule has 0 unspecified atom stereocenters. The van der Waals surface area contributed by atoms with E-state index in [4.69, 9.17) is 0 Å². The Balaban J connectivity index is 2.49. The van der Waals surface area contributed by atoms with Gasteiger partial charge in [0.05, 0.1) is 0 Å². The zero-order chi connectivity index (χ0) is 10.7. The van der Waals surface area contributed by atoms with Crippen molar-refractivity contribution >= 4 is 0 Å². The number of benzene rings is 1. The fraction of sp³-hybridized carbons (Fsp3) is 0.214. The van der Waals surface area contributed by atoms with Crippen LogP contribution in [0, 0.1) is 6.92 Å². The van der Waals surface area contributed by atoms with E-state index in [2.05, 4.69) is 43.1 Å². The molecular formula is C14H15N. The molecule has 1 aromatic carbocycles. The molecule has 0 saturated heterocycles. The zero-order valence-electron chi connectivity index (χ0n) is 9.20. The lowest BCUT2D eigenvalue weighted by Gasteiger charge is -2.06. The van der Waals surface area contributed by atoms with Crippen LogP contribution in [0.25, 0.3) is 11.1 Å². The van der Waals surface area contributed by atoms with Crippen molar-refractivity contribution in [3.8, 4) is 11.1 Å². The van der Waals surface area contributed by atoms with E-state index in [0.717, 1.165) is 6.42 Å². The van der Waals surface area contributed by atoms with E-state index in [1.807, 2.05) is 18.5 Å². The van der Waals surface area contributed by atoms with Gasteiger partial charge in [0.25, 0.3) is 0 Å². The number of nitrogens with zero attached hydrogens (tertiary/aromatic N) is 1. The Labute approximate surface area is 90.8 Å². The monoisotopic (exact) mass is 197 g/mol. The molecule has 0 radical (unpaired) electrons. The van der Waals surface area contributed by atoms with Gasteiger partial charge in [0.15, 0.2) is 0 Å². The summed E-state index contributed by atoms with van der Waals surface area (Å²) < 4.78 is 0. The molecular weight excluding hydrogens is 182 g/mol. The second-order valence-electron chi connectivity index (χ2n) is 3.74. The Kier molecular flexibility index (Phi) is 2.82. The highest BCUT2D eigenvalue weighted by Gasteiger charge is 2.01. The molecule has 0 spiro atoms. The van der Waals surface area contributed by atoms with Gasteiger partial charge in [0, 0.05) is 18.0 Å². The fourth-order valence-corrected chi connectivity index (χ4v) is 1.72. The first-order chi connectivity index (χ1) is 7.31. The average molecular weight is 197 g/mol. The van der Waals surface area contributed by atoms with E-state index < -0.39 is 0 Å². The fourth-order valence-electron chi connectivity index (χ4n) is 1.72. The van der Waals surface area contributed by atoms with E-state index in [1.165, 1.54) is 22.3 Å². The van der Waals surface area contributed by atoms with Crippen molar-refractivity contribution in [2.75, 3.05) is 0 Å². The van der Waals surface area contributed by atoms with Crippen molar-refractivity contribution in [3.05, 3.63) is 53.9 Å². The molecule has 0 atom stereocenters. The van der Waals surface area contributed by atoms with Crippen LogP contribution in [0.2, 0.25) is 0 Å². The smallest absolute Gasteiger partial charge is 0.0349 e. The van der Waals surface area contributed by atoms with Crippen molar-refractivity contribution in [1.29, 1.82) is 0 Å². The maximum Gasteiger partial charge on any atom is 0.0349 e. The lowest BCUT2D eigenvalue weighted by molar-refractivity contribution is 1.14. The minimum absolute atomic E-state index is 1.08. The quantitative estimate of drug-likeness (QED) is 0.716. The summed E-state index contributed by atoms with van der Waals surface area (Å²) in [5.41, 5.74) is 5.14. The molecule has 2 rings (SSSR count). The third-order valence-electron chi connectivity index (χ3n) is 2.69. The highest BCUT2D eigenvalue weighted by molar-refractivity contribution is 5.66. The summed E-state index contributed by atoms with van der Waals surface area (Å²) in [6.45, 7) is 4.30. The number of aromatic nitrogens is 1. The van der Waals surface area contributed by atoms with Gasteiger partial charge in [-0.05, 0) is 36.1 Å². The van der Waals surface area contributed by atoms with E-state index in [1.54, 1.807) is 0 Å². The molecule has 0 aliphatic carbocycles. The first-order valence-corrected chi connectivity index (χ1v) is 5.31. The molecule has 1 heteroatoms. The van der Waals surface area contributed by atoms with Crippen LogP contribution in [0.1, 0.15) is 18.1 Å². The Morgan fingerprint density at radius 3 is 2.80 bits per heavy atom. The highest BCUT2D eigenvalue weighted by atomic mass is 14.6. The molecule has 2 aromatic rings. The SMILES string of the molecule is CCc1cccc(-c2cnccc2C)c1. The van der Waals surface area contributed by atoms with Gasteiger partial charge in [0.1, 0.15) is 0 Å². The molecule has 0 N–H and O–H groups in total. The third-order valence-corrected chi connectivity index (χ3v) is 2.69. The number of hydrogen-bond acceptors (Lipinski definition) is 1. The number of hydrogen-bond donors (Lipinski definition) is 0. The summed E-state index contributed by atoms with van der Waals surface area (Å²) in [6, 6.07) is 10.7. The number of rotatable bonds is 2. The highest BCUT2D eigenvalue weighted by Crippen LogP contribution is 2.22. The van der Waals surface area contributed by atoms with Crippen molar-refractivity contribution in [1.82, 2.24) is 4.98 Å². The average Bonchev–Trinajstić information content (AvgIpc) is 2.30. The molecule has 76 valence electrons. The van der Waals surface area contributed by atoms with Gasteiger partial charge in [-0.2, -0.15) is 0 Å². The van der Waals surface area contributed by atoms with Crippen LogP contribution < -0.4 is 0 Å². The normalized spacial score (nSPS) is 10.3. The van der Waals surface area contributed by atoms with Crippen molar-refractivity contribution in [3.63, 3.8) is 0 Å². The van der Waals surface area contributed by atoms with Crippen LogP contribution in [0.15, 0.2) is 42.7 Å². The summed E-state index contributed by atoms with van der Waals surface area (Å²) in [5, 5.41) is 0. The van der Waals surface area contributed by atoms with Gasteiger partial charge < -0.3 is 0 Å². The maximum absolute atomic E-state index is 4.18. The number of aryl methyl sites for hydroxylation is 2. The van der Waals surface area contributed by atoms with Crippen LogP contribution in [0.5, 0.6) is 0 Å². The maximum atomic E-state index is 4.18. The predicted molar refractivity (Wildman–Crippen MR) is 63.8 cm³/mol. The van der Waals surface area contributed by atoms with Gasteiger partial charge in [0.2, 0.25) is 0 Å². The summed E-state index contributed by atoms with van der Waals surface area (Å²) in [6.07, 6.45) is 4.85. The topological polar surface area (TPSA) is 12.9 Å². The van der Waals surface area contributed by atoms with Gasteiger partial charge in [-0.1, -0.05) is 31.2 Å². The van der Waals surface area contributed by atoms with Gasteiger partial charge in [-0.15, -0.1) is 0 Å². The molecule has 0 saturated carbocycles. The van der Waals surface area contributed by atoms with Crippen molar-refractivity contribution < 1.29 is 0 Å². The first kappa shape index (κ1) is 9.91. The first-order valence-electron chi connectivity index (χ1n) is 5.31. The van der Waals surface area contributed by atoms with Crippen LogP contribution in [-0.2, 0) is 6.42 Å². The van der Waals surface area contributed by atoms with E-state index >= 15 is 0 Å². The Bertz CT molecular complexity index is 460. The van der Waals surface area contributed by atoms with E-state index in [9.17, 15) is 0 Å². The minimum atomic E-state index is 1.08. The molecule has 0 bridgehead atoms. The van der Waals surface area contributed by atoms with Crippen molar-refractivity contribution in [2.24, 2.45) is 0 Å². The molecule has 0 amide bonds. The molecule has 0 aliphatic heterocycles. The van der Waals surface area contributed by atoms with Crippen LogP contribution in [-0.4, -0.2) is 4.98 Å². The predicted octanol–water partition coefficient (Wildman–Crippen LogP) is 3.62. The van der Waals surface area contributed by atoms with Gasteiger partial charge >= 0.3 is 0 Å². The molecule has 0 aliphatic rings. The molecule has 1 heterocycles. The second-order valence-corrected chi connectivity index (χ2v) is 3.74. The lowest BCUT2D eigenvalue weighted by atomic mass is 10.0. The van der Waals surface area contributed by atoms with Crippen molar-refractivity contribution in [2.45, 2.75) is 20.3 Å². The largest absolute Gasteiger partial charge is 0.264 e. The Hall–Kier alpha value is -1.63. The molecule has 1 nitrogen and oxygen atoms in total. The standard InChI is InChI=1S/C14H15N/c1-3-12-5-4-6-13(9-12)14-10-15-8-7-11(14)2/h4-10H,3H2,1-2H3. The summed E-state index contributed by atoms with van der Waals surface area (Å²) in [7, 11) is 0. The van der Waals surface area contributed by atoms with Gasteiger partial charge in [-0.25, -0.2) is 0 Å². The molecule has 1 aromatic heterocycles. The lowest BCUT2D eigenvalue weighted by Crippen LogP contribution is -1.86. The molecule has 15 heavy (non-hydrogen) atoms. The third kappa shape index (κ3) is 2.07. The summed E-state index contributed by atoms with van der Waals surface area (Å²) in [5.74, 6) is 0. The van der Waals surface area contributed by atoms with E-state index in [0.29, 0.717) is 0 Å². The summed E-state index contributed by atoms with van der Waals surface area (Å²) >= 11 is 0. The minimum Gasteiger partial charge on any atom is -0.264 e. The van der Waals surface area contributed by atoms with Crippen LogP contribution in [0.3, 0.4) is 0 Å². The van der Waals surface area contributed by atoms with Gasteiger partial charge in [-0.3, -0.25) is 4.98 Å². The number of pyridine rings is 1. The van der Waals surface area contributed by atoms with E-state index in [-0.39, 0.29) is 0 Å².